The van der Waals surface area contributed by atoms with Gasteiger partial charge < -0.3 is 19.4 Å². The number of halogens is 2. The van der Waals surface area contributed by atoms with Crippen molar-refractivity contribution in [2.75, 3.05) is 14.2 Å². The van der Waals surface area contributed by atoms with Crippen molar-refractivity contribution < 1.29 is 18.7 Å². The highest BCUT2D eigenvalue weighted by molar-refractivity contribution is 7.21. The van der Waals surface area contributed by atoms with Crippen molar-refractivity contribution in [3.05, 3.63) is 75.9 Å². The molecule has 2 aromatic heterocycles. The molecule has 2 heterocycles. The molecule has 0 radical (unpaired) electrons. The van der Waals surface area contributed by atoms with Crippen molar-refractivity contribution in [3.63, 3.8) is 0 Å². The van der Waals surface area contributed by atoms with Crippen LogP contribution in [-0.2, 0) is 7.05 Å². The van der Waals surface area contributed by atoms with E-state index in [1.165, 1.54) is 12.1 Å². The molecule has 4 aromatic rings. The molecule has 0 spiro atoms. The quantitative estimate of drug-likeness (QED) is 0.442. The Labute approximate surface area is 187 Å². The molecule has 1 amide bonds. The highest BCUT2D eigenvalue weighted by Crippen LogP contribution is 2.36. The van der Waals surface area contributed by atoms with Crippen LogP contribution in [0.3, 0.4) is 0 Å². The minimum Gasteiger partial charge on any atom is -0.497 e. The van der Waals surface area contributed by atoms with Crippen LogP contribution in [-0.4, -0.2) is 29.7 Å². The second-order valence-electron chi connectivity index (χ2n) is 6.83. The van der Waals surface area contributed by atoms with Crippen LogP contribution in [0.25, 0.3) is 10.1 Å². The molecule has 0 saturated carbocycles. The molecule has 160 valence electrons. The zero-order chi connectivity index (χ0) is 22.1. The second kappa shape index (κ2) is 8.56. The third-order valence-corrected chi connectivity index (χ3v) is 6.55. The van der Waals surface area contributed by atoms with E-state index >= 15 is 0 Å². The Bertz CT molecular complexity index is 1250. The third kappa shape index (κ3) is 4.08. The van der Waals surface area contributed by atoms with E-state index in [1.54, 1.807) is 38.7 Å². The van der Waals surface area contributed by atoms with Gasteiger partial charge in [-0.05, 0) is 35.9 Å². The number of benzene rings is 2. The van der Waals surface area contributed by atoms with Gasteiger partial charge in [0.15, 0.2) is 0 Å². The second-order valence-corrected chi connectivity index (χ2v) is 8.26. The SMILES string of the molecule is COc1cc(OC)cc(C(NC(=O)c2sc3cc(F)ccc3c2Cl)c2nccn2C)c1. The molecule has 0 aliphatic rings. The number of rotatable bonds is 6. The van der Waals surface area contributed by atoms with Gasteiger partial charge in [0.1, 0.15) is 34.1 Å². The minimum absolute atomic E-state index is 0.291. The molecule has 2 aromatic carbocycles. The molecule has 0 bridgehead atoms. The molecule has 1 unspecified atom stereocenters. The van der Waals surface area contributed by atoms with E-state index in [9.17, 15) is 9.18 Å². The topological polar surface area (TPSA) is 65.4 Å². The lowest BCUT2D eigenvalue weighted by atomic mass is 10.0. The molecule has 0 saturated heterocycles. The van der Waals surface area contributed by atoms with Crippen molar-refractivity contribution >= 4 is 38.9 Å². The zero-order valence-electron chi connectivity index (χ0n) is 17.0. The minimum atomic E-state index is -0.602. The smallest absolute Gasteiger partial charge is 0.263 e. The first-order valence-corrected chi connectivity index (χ1v) is 10.5. The molecule has 1 atom stereocenters. The Balaban J connectivity index is 1.77. The van der Waals surface area contributed by atoms with Gasteiger partial charge in [0.05, 0.1) is 19.2 Å². The average molecular weight is 460 g/mol. The summed E-state index contributed by atoms with van der Waals surface area (Å²) in [5, 5.41) is 3.94. The predicted octanol–water partition coefficient (Wildman–Crippen LogP) is 4.96. The fourth-order valence-corrected chi connectivity index (χ4v) is 4.78. The molecular weight excluding hydrogens is 441 g/mol. The summed E-state index contributed by atoms with van der Waals surface area (Å²) in [6.07, 6.45) is 3.45. The van der Waals surface area contributed by atoms with Gasteiger partial charge in [0.2, 0.25) is 0 Å². The summed E-state index contributed by atoms with van der Waals surface area (Å²) < 4.78 is 26.8. The number of hydrogen-bond donors (Lipinski definition) is 1. The van der Waals surface area contributed by atoms with E-state index in [-0.39, 0.29) is 11.7 Å². The summed E-state index contributed by atoms with van der Waals surface area (Å²) in [6.45, 7) is 0. The first-order valence-electron chi connectivity index (χ1n) is 9.30. The summed E-state index contributed by atoms with van der Waals surface area (Å²) in [5.74, 6) is 1.01. The maximum Gasteiger partial charge on any atom is 0.263 e. The molecule has 1 N–H and O–H groups in total. The van der Waals surface area contributed by atoms with Crippen molar-refractivity contribution in [2.24, 2.45) is 7.05 Å². The molecule has 9 heteroatoms. The van der Waals surface area contributed by atoms with E-state index < -0.39 is 6.04 Å². The Kier molecular flexibility index (Phi) is 5.84. The number of aromatic nitrogens is 2. The summed E-state index contributed by atoms with van der Waals surface area (Å²) in [5.41, 5.74) is 0.724. The lowest BCUT2D eigenvalue weighted by molar-refractivity contribution is 0.0945. The Morgan fingerprint density at radius 3 is 2.52 bits per heavy atom. The lowest BCUT2D eigenvalue weighted by Crippen LogP contribution is -2.30. The monoisotopic (exact) mass is 459 g/mol. The van der Waals surface area contributed by atoms with Gasteiger partial charge in [-0.15, -0.1) is 11.3 Å². The van der Waals surface area contributed by atoms with Crippen LogP contribution in [0.5, 0.6) is 11.5 Å². The normalized spacial score (nSPS) is 12.0. The van der Waals surface area contributed by atoms with Crippen LogP contribution < -0.4 is 14.8 Å². The van der Waals surface area contributed by atoms with Gasteiger partial charge in [-0.2, -0.15) is 0 Å². The number of methoxy groups -OCH3 is 2. The number of fused-ring (bicyclic) bond motifs is 1. The van der Waals surface area contributed by atoms with Crippen LogP contribution >= 0.6 is 22.9 Å². The number of imidazole rings is 1. The van der Waals surface area contributed by atoms with E-state index in [0.717, 1.165) is 16.9 Å². The van der Waals surface area contributed by atoms with Crippen LogP contribution in [0.4, 0.5) is 4.39 Å². The van der Waals surface area contributed by atoms with Gasteiger partial charge >= 0.3 is 0 Å². The van der Waals surface area contributed by atoms with Gasteiger partial charge in [-0.1, -0.05) is 11.6 Å². The number of aryl methyl sites for hydroxylation is 1. The van der Waals surface area contributed by atoms with E-state index in [4.69, 9.17) is 21.1 Å². The van der Waals surface area contributed by atoms with Crippen LogP contribution in [0, 0.1) is 5.82 Å². The average Bonchev–Trinajstić information content (AvgIpc) is 3.34. The highest BCUT2D eigenvalue weighted by Gasteiger charge is 2.25. The van der Waals surface area contributed by atoms with Crippen LogP contribution in [0.15, 0.2) is 48.8 Å². The molecule has 0 aliphatic carbocycles. The number of carbonyl (C=O) groups excluding carboxylic acids is 1. The molecular formula is C22H19ClFN3O3S. The van der Waals surface area contributed by atoms with Crippen molar-refractivity contribution in [1.29, 1.82) is 0 Å². The fraction of sp³-hybridized carbons (Fsp3) is 0.182. The number of hydrogen-bond acceptors (Lipinski definition) is 5. The highest BCUT2D eigenvalue weighted by atomic mass is 35.5. The Morgan fingerprint density at radius 1 is 1.19 bits per heavy atom. The molecule has 0 aliphatic heterocycles. The van der Waals surface area contributed by atoms with Gasteiger partial charge in [0, 0.05) is 35.6 Å². The largest absolute Gasteiger partial charge is 0.497 e. The predicted molar refractivity (Wildman–Crippen MR) is 119 cm³/mol. The maximum absolute atomic E-state index is 13.6. The Hall–Kier alpha value is -3.10. The van der Waals surface area contributed by atoms with Gasteiger partial charge in [0.25, 0.3) is 5.91 Å². The van der Waals surface area contributed by atoms with Crippen molar-refractivity contribution in [2.45, 2.75) is 6.04 Å². The molecule has 31 heavy (non-hydrogen) atoms. The number of nitrogens with zero attached hydrogens (tertiary/aromatic N) is 2. The van der Waals surface area contributed by atoms with Gasteiger partial charge in [-0.3, -0.25) is 4.79 Å². The lowest BCUT2D eigenvalue weighted by Gasteiger charge is -2.20. The number of thiophene rings is 1. The number of nitrogens with one attached hydrogen (secondary N) is 1. The fourth-order valence-electron chi connectivity index (χ4n) is 3.33. The van der Waals surface area contributed by atoms with Crippen molar-refractivity contribution in [1.82, 2.24) is 14.9 Å². The molecule has 0 fully saturated rings. The number of carbonyl (C=O) groups is 1. The number of ether oxygens (including phenoxy) is 2. The van der Waals surface area contributed by atoms with E-state index in [2.05, 4.69) is 10.3 Å². The van der Waals surface area contributed by atoms with Gasteiger partial charge in [-0.25, -0.2) is 9.37 Å². The standard InChI is InChI=1S/C22H19ClFN3O3S/c1-27-7-6-25-21(27)19(12-8-14(29-2)11-15(9-12)30-3)26-22(28)20-18(23)16-5-4-13(24)10-17(16)31-20/h4-11,19H,1-3H3,(H,26,28). The summed E-state index contributed by atoms with van der Waals surface area (Å²) in [6, 6.07) is 9.03. The number of amides is 1. The summed E-state index contributed by atoms with van der Waals surface area (Å²) in [7, 11) is 4.96. The van der Waals surface area contributed by atoms with Crippen LogP contribution in [0.1, 0.15) is 27.1 Å². The first-order chi connectivity index (χ1) is 14.9. The zero-order valence-corrected chi connectivity index (χ0v) is 18.6. The summed E-state index contributed by atoms with van der Waals surface area (Å²) in [4.78, 5) is 18.0. The van der Waals surface area contributed by atoms with E-state index in [0.29, 0.717) is 37.3 Å². The van der Waals surface area contributed by atoms with E-state index in [1.807, 2.05) is 23.7 Å². The van der Waals surface area contributed by atoms with Crippen LogP contribution in [0.2, 0.25) is 5.02 Å². The maximum atomic E-state index is 13.6. The van der Waals surface area contributed by atoms with Crippen molar-refractivity contribution in [3.8, 4) is 11.5 Å². The first kappa shape index (κ1) is 21.1. The molecule has 6 nitrogen and oxygen atoms in total. The Morgan fingerprint density at radius 2 is 1.90 bits per heavy atom. The molecule has 4 rings (SSSR count). The third-order valence-electron chi connectivity index (χ3n) is 4.90. The summed E-state index contributed by atoms with van der Waals surface area (Å²) >= 11 is 7.59.